The number of hydrogen-bond acceptors (Lipinski definition) is 4. The molecule has 0 saturated carbocycles. The minimum absolute atomic E-state index is 0.260. The predicted octanol–water partition coefficient (Wildman–Crippen LogP) is 4.79. The number of rotatable bonds is 13. The van der Waals surface area contributed by atoms with E-state index in [2.05, 4.69) is 16.6 Å². The van der Waals surface area contributed by atoms with E-state index in [-0.39, 0.29) is 5.97 Å². The van der Waals surface area contributed by atoms with E-state index in [0.717, 1.165) is 6.08 Å². The number of alkyl halides is 3. The summed E-state index contributed by atoms with van der Waals surface area (Å²) in [7, 11) is 1.35. The summed E-state index contributed by atoms with van der Waals surface area (Å²) in [4.78, 5) is 10.9. The van der Waals surface area contributed by atoms with E-state index >= 15 is 0 Å². The number of aliphatic hydroxyl groups is 2. The van der Waals surface area contributed by atoms with Crippen LogP contribution in [0.25, 0.3) is 0 Å². The highest BCUT2D eigenvalue weighted by molar-refractivity contribution is 5.69. The van der Waals surface area contributed by atoms with Crippen molar-refractivity contribution in [2.45, 2.75) is 69.8 Å². The normalized spacial score (nSPS) is 14.5. The molecule has 0 rings (SSSR count). The van der Waals surface area contributed by atoms with Crippen LogP contribution in [0.5, 0.6) is 0 Å². The van der Waals surface area contributed by atoms with Gasteiger partial charge in [0.2, 0.25) is 0 Å². The molecule has 0 amide bonds. The molecule has 0 aromatic rings. The molecular weight excluding hydrogens is 397 g/mol. The third kappa shape index (κ3) is 20.4. The monoisotopic (exact) mass is 428 g/mol. The molecule has 0 heterocycles. The summed E-state index contributed by atoms with van der Waals surface area (Å²) in [6.45, 7) is 0. The van der Waals surface area contributed by atoms with Crippen molar-refractivity contribution in [1.29, 1.82) is 0 Å². The van der Waals surface area contributed by atoms with Gasteiger partial charge in [-0.2, -0.15) is 13.2 Å². The number of aliphatic hydroxyl groups excluding tert-OH is 2. The van der Waals surface area contributed by atoms with Gasteiger partial charge < -0.3 is 14.9 Å². The van der Waals surface area contributed by atoms with Gasteiger partial charge >= 0.3 is 12.1 Å². The van der Waals surface area contributed by atoms with Gasteiger partial charge in [0.05, 0.1) is 19.6 Å². The van der Waals surface area contributed by atoms with Gasteiger partial charge in [-0.25, -0.2) is 0 Å². The van der Waals surface area contributed by atoms with E-state index < -0.39 is 24.8 Å². The van der Waals surface area contributed by atoms with E-state index in [1.807, 2.05) is 18.2 Å². The summed E-state index contributed by atoms with van der Waals surface area (Å²) in [6, 6.07) is 0. The second kappa shape index (κ2) is 17.5. The second-order valence-electron chi connectivity index (χ2n) is 6.49. The van der Waals surface area contributed by atoms with Gasteiger partial charge in [-0.3, -0.25) is 4.79 Å². The fourth-order valence-electron chi connectivity index (χ4n) is 2.14. The zero-order valence-corrected chi connectivity index (χ0v) is 17.3. The van der Waals surface area contributed by atoms with Crippen molar-refractivity contribution in [1.82, 2.24) is 0 Å². The molecular formula is C23H31F3O4. The van der Waals surface area contributed by atoms with Crippen molar-refractivity contribution in [3.05, 3.63) is 48.6 Å². The van der Waals surface area contributed by atoms with Crippen molar-refractivity contribution in [2.24, 2.45) is 0 Å². The Morgan fingerprint density at radius 2 is 1.70 bits per heavy atom. The molecule has 0 aliphatic carbocycles. The maximum absolute atomic E-state index is 11.9. The van der Waals surface area contributed by atoms with Crippen LogP contribution < -0.4 is 0 Å². The van der Waals surface area contributed by atoms with E-state index in [1.165, 1.54) is 13.2 Å². The first-order chi connectivity index (χ1) is 14.2. The first-order valence-electron chi connectivity index (χ1n) is 9.85. The van der Waals surface area contributed by atoms with Crippen molar-refractivity contribution in [3.8, 4) is 11.8 Å². The van der Waals surface area contributed by atoms with Crippen LogP contribution in [0.2, 0.25) is 0 Å². The van der Waals surface area contributed by atoms with Gasteiger partial charge in [0.15, 0.2) is 0 Å². The van der Waals surface area contributed by atoms with Crippen LogP contribution in [-0.2, 0) is 9.53 Å². The molecule has 0 unspecified atom stereocenters. The topological polar surface area (TPSA) is 66.8 Å². The number of carbonyl (C=O) groups is 1. The van der Waals surface area contributed by atoms with Gasteiger partial charge in [0.1, 0.15) is 6.10 Å². The quantitative estimate of drug-likeness (QED) is 0.251. The van der Waals surface area contributed by atoms with Crippen molar-refractivity contribution in [2.75, 3.05) is 7.11 Å². The van der Waals surface area contributed by atoms with Gasteiger partial charge in [0.25, 0.3) is 0 Å². The van der Waals surface area contributed by atoms with Crippen LogP contribution in [0.4, 0.5) is 13.2 Å². The maximum Gasteiger partial charge on any atom is 0.392 e. The molecule has 2 N–H and O–H groups in total. The van der Waals surface area contributed by atoms with Crippen LogP contribution in [-0.4, -0.2) is 41.7 Å². The minimum atomic E-state index is -4.18. The summed E-state index contributed by atoms with van der Waals surface area (Å²) in [6.07, 6.45) is 9.85. The Kier molecular flexibility index (Phi) is 16.2. The summed E-state index contributed by atoms with van der Waals surface area (Å²) < 4.78 is 40.3. The number of esters is 1. The van der Waals surface area contributed by atoms with Gasteiger partial charge in [-0.15, -0.1) is 0 Å². The highest BCUT2D eigenvalue weighted by Crippen LogP contribution is 2.19. The van der Waals surface area contributed by atoms with Crippen LogP contribution in [0.3, 0.4) is 0 Å². The Bertz CT molecular complexity index is 637. The molecule has 4 nitrogen and oxygen atoms in total. The largest absolute Gasteiger partial charge is 0.469 e. The molecule has 0 aromatic heterocycles. The third-order valence-corrected chi connectivity index (χ3v) is 3.75. The lowest BCUT2D eigenvalue weighted by Crippen LogP contribution is -2.03. The molecule has 0 saturated heterocycles. The smallest absolute Gasteiger partial charge is 0.392 e. The molecule has 0 radical (unpaired) electrons. The number of carbonyl (C=O) groups excluding carboxylic acids is 1. The Morgan fingerprint density at radius 3 is 2.40 bits per heavy atom. The van der Waals surface area contributed by atoms with Gasteiger partial charge in [-0.05, 0) is 38.2 Å². The van der Waals surface area contributed by atoms with E-state index in [9.17, 15) is 28.2 Å². The van der Waals surface area contributed by atoms with E-state index in [4.69, 9.17) is 0 Å². The number of ether oxygens (including phenoxy) is 1. The van der Waals surface area contributed by atoms with Crippen molar-refractivity contribution >= 4 is 5.97 Å². The number of halogens is 3. The number of methoxy groups -OCH3 is 1. The first kappa shape index (κ1) is 27.7. The van der Waals surface area contributed by atoms with Crippen LogP contribution in [0, 0.1) is 11.8 Å². The standard InChI is InChI=1S/C23H31F3O4/c1-30-22(29)18-12-7-11-17-21(28)16-10-5-4-9-15-20(27)14-8-3-2-6-13-19-23(24,25)26/h3-8,11,13,20-21,27-28H,2,10,12,14,16-19H2,1H3/b5-4+,8-3-,11-7-,13-6-/t20-,21+/m0/s1. The second-order valence-corrected chi connectivity index (χ2v) is 6.49. The summed E-state index contributed by atoms with van der Waals surface area (Å²) in [5.41, 5.74) is 0. The molecule has 0 spiro atoms. The van der Waals surface area contributed by atoms with Crippen molar-refractivity contribution < 1.29 is 32.9 Å². The lowest BCUT2D eigenvalue weighted by atomic mass is 10.1. The van der Waals surface area contributed by atoms with E-state index in [1.54, 1.807) is 18.2 Å². The van der Waals surface area contributed by atoms with Crippen LogP contribution >= 0.6 is 0 Å². The Labute approximate surface area is 176 Å². The highest BCUT2D eigenvalue weighted by Gasteiger charge is 2.24. The predicted molar refractivity (Wildman–Crippen MR) is 111 cm³/mol. The zero-order chi connectivity index (χ0) is 22.7. The van der Waals surface area contributed by atoms with Crippen molar-refractivity contribution in [3.63, 3.8) is 0 Å². The molecule has 0 bridgehead atoms. The van der Waals surface area contributed by atoms with Gasteiger partial charge in [0, 0.05) is 12.8 Å². The zero-order valence-electron chi connectivity index (χ0n) is 17.3. The minimum Gasteiger partial charge on any atom is -0.469 e. The molecule has 30 heavy (non-hydrogen) atoms. The Balaban J connectivity index is 3.86. The Morgan fingerprint density at radius 1 is 1.00 bits per heavy atom. The average Bonchev–Trinajstić information content (AvgIpc) is 2.68. The molecule has 2 atom stereocenters. The molecule has 168 valence electrons. The van der Waals surface area contributed by atoms with Crippen LogP contribution in [0.1, 0.15) is 51.4 Å². The highest BCUT2D eigenvalue weighted by atomic mass is 19.4. The maximum atomic E-state index is 11.9. The fraction of sp³-hybridized carbons (Fsp3) is 0.522. The summed E-state index contributed by atoms with van der Waals surface area (Å²) in [5, 5.41) is 19.5. The van der Waals surface area contributed by atoms with Gasteiger partial charge in [-0.1, -0.05) is 54.4 Å². The van der Waals surface area contributed by atoms with Crippen LogP contribution in [0.15, 0.2) is 48.6 Å². The molecule has 0 fully saturated rings. The van der Waals surface area contributed by atoms with E-state index in [0.29, 0.717) is 44.9 Å². The Hall–Kier alpha value is -2.30. The lowest BCUT2D eigenvalue weighted by Gasteiger charge is -2.04. The summed E-state index contributed by atoms with van der Waals surface area (Å²) >= 11 is 0. The lowest BCUT2D eigenvalue weighted by molar-refractivity contribution is -0.140. The summed E-state index contributed by atoms with van der Waals surface area (Å²) in [5.74, 6) is 5.10. The third-order valence-electron chi connectivity index (χ3n) is 3.75. The number of allylic oxidation sites excluding steroid dienone is 6. The molecule has 0 aliphatic heterocycles. The molecule has 0 aromatic carbocycles. The SMILES string of the molecule is COC(=O)CC/C=C\C[C@H](O)CC/C=C/C#C[C@@H](O)C/C=C\C/C=C\CC(F)(F)F. The molecule has 0 aliphatic rings. The molecule has 7 heteroatoms. The number of hydrogen-bond donors (Lipinski definition) is 2. The average molecular weight is 428 g/mol. The first-order valence-corrected chi connectivity index (χ1v) is 9.85. The fourth-order valence-corrected chi connectivity index (χ4v) is 2.14.